The van der Waals surface area contributed by atoms with Crippen LogP contribution in [-0.4, -0.2) is 44.8 Å². The van der Waals surface area contributed by atoms with Crippen molar-refractivity contribution in [2.24, 2.45) is 0 Å². The van der Waals surface area contributed by atoms with Crippen LogP contribution in [0.3, 0.4) is 0 Å². The van der Waals surface area contributed by atoms with Gasteiger partial charge in [-0.1, -0.05) is 17.7 Å². The van der Waals surface area contributed by atoms with Gasteiger partial charge in [0.1, 0.15) is 29.5 Å². The molecule has 2 aliphatic rings. The number of alkyl halides is 3. The zero-order chi connectivity index (χ0) is 31.3. The first-order valence-electron chi connectivity index (χ1n) is 14.0. The summed E-state index contributed by atoms with van der Waals surface area (Å²) in [5.74, 6) is -2.91. The van der Waals surface area contributed by atoms with Gasteiger partial charge in [0.25, 0.3) is 0 Å². The van der Waals surface area contributed by atoms with Crippen LogP contribution >= 0.6 is 11.6 Å². The maximum absolute atomic E-state index is 15.4. The molecule has 1 saturated heterocycles. The van der Waals surface area contributed by atoms with Crippen molar-refractivity contribution in [3.8, 4) is 5.75 Å². The first kappa shape index (κ1) is 30.3. The Hall–Kier alpha value is -3.74. The molecule has 13 heteroatoms. The zero-order valence-electron chi connectivity index (χ0n) is 23.4. The van der Waals surface area contributed by atoms with Crippen molar-refractivity contribution in [2.75, 3.05) is 13.2 Å². The lowest BCUT2D eigenvalue weighted by atomic mass is 9.91. The molecule has 0 unspecified atom stereocenters. The van der Waals surface area contributed by atoms with Gasteiger partial charge in [-0.05, 0) is 67.3 Å². The number of aromatic carboxylic acids is 1. The SMILES string of the molecule is C[C@H]1c2cc(OCc3ccc(Cl)cc3F)c(C(F)(F)F)cc2CCN1Cc1nc2ccc(C(=O)O)c(F)c2n1C[C@@H]1CCO1. The van der Waals surface area contributed by atoms with E-state index in [2.05, 4.69) is 4.98 Å². The summed E-state index contributed by atoms with van der Waals surface area (Å²) in [5, 5.41) is 9.62. The van der Waals surface area contributed by atoms with Crippen molar-refractivity contribution in [1.82, 2.24) is 14.5 Å². The van der Waals surface area contributed by atoms with Gasteiger partial charge in [0.15, 0.2) is 5.82 Å². The summed E-state index contributed by atoms with van der Waals surface area (Å²) in [6, 6.07) is 8.55. The van der Waals surface area contributed by atoms with Crippen LogP contribution in [-0.2, 0) is 37.0 Å². The molecule has 1 aromatic heterocycles. The van der Waals surface area contributed by atoms with Crippen LogP contribution in [0, 0.1) is 11.6 Å². The minimum atomic E-state index is -4.70. The minimum absolute atomic E-state index is 0.0579. The van der Waals surface area contributed by atoms with E-state index in [4.69, 9.17) is 21.1 Å². The van der Waals surface area contributed by atoms with Gasteiger partial charge in [-0.2, -0.15) is 13.2 Å². The van der Waals surface area contributed by atoms with E-state index < -0.39 is 47.3 Å². The molecule has 6 rings (SSSR count). The normalized spacial score (nSPS) is 18.7. The number of halogens is 6. The van der Waals surface area contributed by atoms with Gasteiger partial charge < -0.3 is 19.1 Å². The molecule has 0 spiro atoms. The molecule has 0 radical (unpaired) electrons. The Kier molecular flexibility index (Phi) is 8.02. The third kappa shape index (κ3) is 5.73. The second-order valence-corrected chi connectivity index (χ2v) is 11.4. The van der Waals surface area contributed by atoms with E-state index in [0.29, 0.717) is 42.0 Å². The van der Waals surface area contributed by atoms with Crippen molar-refractivity contribution in [3.63, 3.8) is 0 Å². The van der Waals surface area contributed by atoms with E-state index >= 15 is 4.39 Å². The molecule has 0 aliphatic carbocycles. The Morgan fingerprint density at radius 2 is 1.95 bits per heavy atom. The Labute approximate surface area is 253 Å². The zero-order valence-corrected chi connectivity index (χ0v) is 24.2. The molecule has 0 amide bonds. The van der Waals surface area contributed by atoms with Crippen molar-refractivity contribution < 1.29 is 41.3 Å². The van der Waals surface area contributed by atoms with E-state index in [1.165, 1.54) is 30.3 Å². The third-order valence-electron chi connectivity index (χ3n) is 8.29. The first-order valence-corrected chi connectivity index (χ1v) is 14.4. The molecule has 1 N–H and O–H groups in total. The molecule has 3 heterocycles. The van der Waals surface area contributed by atoms with Gasteiger partial charge in [0.05, 0.1) is 35.8 Å². The van der Waals surface area contributed by atoms with Gasteiger partial charge >= 0.3 is 12.1 Å². The van der Waals surface area contributed by atoms with Gasteiger partial charge in [-0.15, -0.1) is 0 Å². The van der Waals surface area contributed by atoms with Gasteiger partial charge in [0, 0.05) is 29.8 Å². The molecule has 44 heavy (non-hydrogen) atoms. The molecule has 4 aromatic rings. The Morgan fingerprint density at radius 3 is 2.61 bits per heavy atom. The van der Waals surface area contributed by atoms with Crippen LogP contribution in [0.2, 0.25) is 5.02 Å². The molecular weight excluding hydrogens is 609 g/mol. The van der Waals surface area contributed by atoms with Crippen LogP contribution in [0.1, 0.15) is 57.8 Å². The number of ether oxygens (including phenoxy) is 2. The number of aromatic nitrogens is 2. The third-order valence-corrected chi connectivity index (χ3v) is 8.53. The number of carboxylic acid groups (broad SMARTS) is 1. The second-order valence-electron chi connectivity index (χ2n) is 11.0. The summed E-state index contributed by atoms with van der Waals surface area (Å²) in [7, 11) is 0. The molecule has 3 aromatic carbocycles. The fourth-order valence-corrected chi connectivity index (χ4v) is 5.94. The van der Waals surface area contributed by atoms with E-state index in [1.54, 1.807) is 4.57 Å². The number of rotatable bonds is 8. The summed E-state index contributed by atoms with van der Waals surface area (Å²) in [4.78, 5) is 18.2. The van der Waals surface area contributed by atoms with Gasteiger partial charge in [0.2, 0.25) is 0 Å². The monoisotopic (exact) mass is 635 g/mol. The predicted molar refractivity (Wildman–Crippen MR) is 151 cm³/mol. The maximum atomic E-state index is 15.4. The number of hydrogen-bond donors (Lipinski definition) is 1. The van der Waals surface area contributed by atoms with Crippen LogP contribution in [0.4, 0.5) is 22.0 Å². The lowest BCUT2D eigenvalue weighted by Gasteiger charge is -2.36. The predicted octanol–water partition coefficient (Wildman–Crippen LogP) is 7.17. The van der Waals surface area contributed by atoms with Gasteiger partial charge in [-0.3, -0.25) is 4.90 Å². The largest absolute Gasteiger partial charge is 0.488 e. The standard InChI is InChI=1S/C31H27ClF5N3O4/c1-16-22-12-26(44-15-18-2-3-19(32)11-24(18)33)23(31(35,36)37)10-17(22)6-8-39(16)14-27-38-25-5-4-21(30(41)42)28(34)29(25)40(27)13-20-7-9-43-20/h2-5,10-12,16,20H,6-9,13-15H2,1H3,(H,41,42)/t16-,20-/m0/s1. The summed E-state index contributed by atoms with van der Waals surface area (Å²) in [6.07, 6.45) is -3.81. The number of fused-ring (bicyclic) bond motifs is 2. The Bertz CT molecular complexity index is 1750. The fraction of sp³-hybridized carbons (Fsp3) is 0.355. The molecule has 0 saturated carbocycles. The first-order chi connectivity index (χ1) is 20.9. The highest BCUT2D eigenvalue weighted by Crippen LogP contribution is 2.42. The maximum Gasteiger partial charge on any atom is 0.419 e. The van der Waals surface area contributed by atoms with Crippen LogP contribution < -0.4 is 4.74 Å². The second kappa shape index (κ2) is 11.6. The number of imidazole rings is 1. The number of carboxylic acids is 1. The van der Waals surface area contributed by atoms with Crippen molar-refractivity contribution >= 4 is 28.6 Å². The number of nitrogens with zero attached hydrogens (tertiary/aromatic N) is 3. The van der Waals surface area contributed by atoms with Crippen LogP contribution in [0.25, 0.3) is 11.0 Å². The van der Waals surface area contributed by atoms with Crippen LogP contribution in [0.15, 0.2) is 42.5 Å². The molecular formula is C31H27ClF5N3O4. The number of hydrogen-bond acceptors (Lipinski definition) is 5. The smallest absolute Gasteiger partial charge is 0.419 e. The molecule has 2 aliphatic heterocycles. The minimum Gasteiger partial charge on any atom is -0.488 e. The van der Waals surface area contributed by atoms with E-state index in [1.807, 2.05) is 11.8 Å². The molecule has 7 nitrogen and oxygen atoms in total. The summed E-state index contributed by atoms with van der Waals surface area (Å²) < 4.78 is 84.7. The number of carbonyl (C=O) groups is 1. The molecule has 0 bridgehead atoms. The van der Waals surface area contributed by atoms with E-state index in [-0.39, 0.29) is 41.3 Å². The highest BCUT2D eigenvalue weighted by Gasteiger charge is 2.37. The number of benzene rings is 3. The van der Waals surface area contributed by atoms with Gasteiger partial charge in [-0.25, -0.2) is 18.6 Å². The van der Waals surface area contributed by atoms with Crippen molar-refractivity contribution in [2.45, 2.75) is 57.8 Å². The average molecular weight is 636 g/mol. The molecule has 2 atom stereocenters. The summed E-state index contributed by atoms with van der Waals surface area (Å²) in [6.45, 7) is 2.88. The van der Waals surface area contributed by atoms with E-state index in [9.17, 15) is 27.5 Å². The lowest BCUT2D eigenvalue weighted by molar-refractivity contribution is -0.139. The van der Waals surface area contributed by atoms with Crippen LogP contribution in [0.5, 0.6) is 5.75 Å². The summed E-state index contributed by atoms with van der Waals surface area (Å²) >= 11 is 5.79. The average Bonchev–Trinajstić information content (AvgIpc) is 3.28. The molecule has 1 fully saturated rings. The lowest BCUT2D eigenvalue weighted by Crippen LogP contribution is -2.36. The highest BCUT2D eigenvalue weighted by molar-refractivity contribution is 6.30. The van der Waals surface area contributed by atoms with E-state index in [0.717, 1.165) is 18.6 Å². The Balaban J connectivity index is 1.32. The van der Waals surface area contributed by atoms with Crippen molar-refractivity contribution in [1.29, 1.82) is 0 Å². The topological polar surface area (TPSA) is 76.8 Å². The molecule has 232 valence electrons. The van der Waals surface area contributed by atoms with Crippen molar-refractivity contribution in [3.05, 3.63) is 92.8 Å². The quantitative estimate of drug-likeness (QED) is 0.207. The fourth-order valence-electron chi connectivity index (χ4n) is 5.78. The highest BCUT2D eigenvalue weighted by atomic mass is 35.5. The summed E-state index contributed by atoms with van der Waals surface area (Å²) in [5.41, 5.74) is 0.138. The Morgan fingerprint density at radius 1 is 1.18 bits per heavy atom.